The fourth-order valence-corrected chi connectivity index (χ4v) is 4.94. The van der Waals surface area contributed by atoms with Gasteiger partial charge >= 0.3 is 0 Å². The summed E-state index contributed by atoms with van der Waals surface area (Å²) in [6.45, 7) is 5.12. The highest BCUT2D eigenvalue weighted by atomic mass is 31.2. The first-order valence-electron chi connectivity index (χ1n) is 7.53. The molecule has 0 aliphatic rings. The van der Waals surface area contributed by atoms with Crippen molar-refractivity contribution in [1.82, 2.24) is 4.67 Å². The van der Waals surface area contributed by atoms with Crippen LogP contribution in [0.4, 0.5) is 0 Å². The molecule has 0 aliphatic heterocycles. The van der Waals surface area contributed by atoms with Crippen LogP contribution in [-0.2, 0) is 4.57 Å². The summed E-state index contributed by atoms with van der Waals surface area (Å²) >= 11 is 0. The average molecular weight is 275 g/mol. The van der Waals surface area contributed by atoms with Gasteiger partial charge in [-0.1, -0.05) is 50.2 Å². The van der Waals surface area contributed by atoms with Crippen LogP contribution in [0, 0.1) is 0 Å². The summed E-state index contributed by atoms with van der Waals surface area (Å²) in [4.78, 5) is 0. The minimum atomic E-state index is -3.15. The van der Waals surface area contributed by atoms with Gasteiger partial charge in [-0.25, -0.2) is 4.67 Å². The third-order valence-electron chi connectivity index (χ3n) is 3.17. The van der Waals surface area contributed by atoms with Crippen LogP contribution in [0.15, 0.2) is 60.6 Å². The van der Waals surface area contributed by atoms with Gasteiger partial charge in [0.25, 0.3) is 0 Å². The minimum Gasteiger partial charge on any atom is -0.296 e. The number of hydrogen-bond acceptors (Lipinski definition) is 1. The highest BCUT2D eigenvalue weighted by molar-refractivity contribution is 7.76. The molecule has 2 rings (SSSR count). The molecule has 2 aromatic rings. The maximum absolute atomic E-state index is 13.9. The van der Waals surface area contributed by atoms with E-state index in [4.69, 9.17) is 2.74 Å². The predicted octanol–water partition coefficient (Wildman–Crippen LogP) is 3.26. The Hall–Kier alpha value is -1.37. The number of benzene rings is 2. The SMILES string of the molecule is [2H]c1ccccc1P(=O)(c1ccccc1[2H])N(CC)CC. The van der Waals surface area contributed by atoms with Gasteiger partial charge in [0.1, 0.15) is 0 Å². The fourth-order valence-electron chi connectivity index (χ4n) is 2.20. The second-order valence-corrected chi connectivity index (χ2v) is 6.89. The first-order valence-corrected chi connectivity index (χ1v) is 8.19. The molecule has 0 fully saturated rings. The molecule has 19 heavy (non-hydrogen) atoms. The fraction of sp³-hybridized carbons (Fsp3) is 0.250. The van der Waals surface area contributed by atoms with E-state index in [0.717, 1.165) is 0 Å². The summed E-state index contributed by atoms with van der Waals surface area (Å²) in [7, 11) is -3.15. The maximum Gasteiger partial charge on any atom is 0.207 e. The Bertz CT molecular complexity index is 621. The third-order valence-corrected chi connectivity index (χ3v) is 6.39. The van der Waals surface area contributed by atoms with Crippen molar-refractivity contribution in [2.75, 3.05) is 13.1 Å². The average Bonchev–Trinajstić information content (AvgIpc) is 2.49. The molecule has 0 bridgehead atoms. The van der Waals surface area contributed by atoms with E-state index in [9.17, 15) is 4.57 Å². The molecular formula is C16H20NOP. The molecule has 3 heteroatoms. The third kappa shape index (κ3) is 2.65. The molecule has 0 spiro atoms. The molecule has 0 saturated carbocycles. The highest BCUT2D eigenvalue weighted by Gasteiger charge is 2.32. The summed E-state index contributed by atoms with van der Waals surface area (Å²) < 4.78 is 32.0. The quantitative estimate of drug-likeness (QED) is 0.781. The van der Waals surface area contributed by atoms with Gasteiger partial charge in [0.15, 0.2) is 0 Å². The zero-order valence-electron chi connectivity index (χ0n) is 13.3. The molecular weight excluding hydrogens is 253 g/mol. The van der Waals surface area contributed by atoms with Crippen LogP contribution in [0.1, 0.15) is 16.6 Å². The van der Waals surface area contributed by atoms with Crippen molar-refractivity contribution in [3.8, 4) is 0 Å². The van der Waals surface area contributed by atoms with Gasteiger partial charge in [0, 0.05) is 23.7 Å². The van der Waals surface area contributed by atoms with Gasteiger partial charge in [-0.05, 0) is 24.2 Å². The second-order valence-electron chi connectivity index (χ2n) is 4.21. The monoisotopic (exact) mass is 275 g/mol. The summed E-state index contributed by atoms with van der Waals surface area (Å²) in [6.07, 6.45) is 0. The van der Waals surface area contributed by atoms with E-state index >= 15 is 0 Å². The van der Waals surface area contributed by atoms with E-state index in [-0.39, 0.29) is 12.1 Å². The van der Waals surface area contributed by atoms with Gasteiger partial charge in [0.05, 0.1) is 2.74 Å². The number of hydrogen-bond donors (Lipinski definition) is 0. The van der Waals surface area contributed by atoms with Crippen molar-refractivity contribution in [3.05, 3.63) is 60.6 Å². The van der Waals surface area contributed by atoms with Gasteiger partial charge in [-0.3, -0.25) is 4.57 Å². The molecule has 2 aromatic carbocycles. The molecule has 100 valence electrons. The Morgan fingerprint density at radius 1 is 0.947 bits per heavy atom. The smallest absolute Gasteiger partial charge is 0.207 e. The lowest BCUT2D eigenvalue weighted by Gasteiger charge is -2.30. The van der Waals surface area contributed by atoms with Crippen LogP contribution in [-0.4, -0.2) is 17.8 Å². The molecule has 0 amide bonds. The molecule has 0 aromatic heterocycles. The molecule has 0 N–H and O–H groups in total. The van der Waals surface area contributed by atoms with Crippen molar-refractivity contribution in [2.45, 2.75) is 13.8 Å². The standard InChI is InChI=1S/C16H20NOP/c1-3-17(4-2)19(18,15-11-7-5-8-12-15)16-13-9-6-10-14-16/h5-14H,3-4H2,1-2H3/i11D,13D. The summed E-state index contributed by atoms with van der Waals surface area (Å²) in [5, 5.41) is 1.02. The van der Waals surface area contributed by atoms with E-state index < -0.39 is 7.29 Å². The van der Waals surface area contributed by atoms with Crippen molar-refractivity contribution in [3.63, 3.8) is 0 Å². The summed E-state index contributed by atoms with van der Waals surface area (Å²) in [6, 6.07) is 14.5. The molecule has 0 unspecified atom stereocenters. The van der Waals surface area contributed by atoms with Crippen LogP contribution in [0.5, 0.6) is 0 Å². The first-order chi connectivity index (χ1) is 10.1. The molecule has 2 nitrogen and oxygen atoms in total. The Morgan fingerprint density at radius 3 is 1.79 bits per heavy atom. The zero-order valence-corrected chi connectivity index (χ0v) is 12.2. The topological polar surface area (TPSA) is 20.3 Å². The van der Waals surface area contributed by atoms with Crippen molar-refractivity contribution in [2.24, 2.45) is 0 Å². The Morgan fingerprint density at radius 2 is 1.42 bits per heavy atom. The normalized spacial score (nSPS) is 13.2. The highest BCUT2D eigenvalue weighted by Crippen LogP contribution is 2.46. The van der Waals surface area contributed by atoms with Crippen LogP contribution >= 0.6 is 7.29 Å². The number of nitrogens with zero attached hydrogens (tertiary/aromatic N) is 1. The second kappa shape index (κ2) is 6.18. The summed E-state index contributed by atoms with van der Waals surface area (Å²) in [5.74, 6) is 0. The Labute approximate surface area is 118 Å². The van der Waals surface area contributed by atoms with Crippen LogP contribution in [0.2, 0.25) is 0 Å². The van der Waals surface area contributed by atoms with E-state index in [2.05, 4.69) is 0 Å². The van der Waals surface area contributed by atoms with Gasteiger partial charge in [-0.15, -0.1) is 0 Å². The largest absolute Gasteiger partial charge is 0.296 e. The van der Waals surface area contributed by atoms with E-state index in [1.165, 1.54) is 0 Å². The van der Waals surface area contributed by atoms with E-state index in [1.54, 1.807) is 48.5 Å². The lowest BCUT2D eigenvalue weighted by atomic mass is 10.4. The lowest BCUT2D eigenvalue weighted by Crippen LogP contribution is -2.32. The zero-order chi connectivity index (χ0) is 15.5. The van der Waals surface area contributed by atoms with Crippen LogP contribution in [0.25, 0.3) is 0 Å². The summed E-state index contributed by atoms with van der Waals surface area (Å²) in [5.41, 5.74) is 0. The van der Waals surface area contributed by atoms with Gasteiger partial charge in [-0.2, -0.15) is 0 Å². The molecule has 0 aliphatic carbocycles. The molecule has 0 saturated heterocycles. The molecule has 0 radical (unpaired) electrons. The lowest BCUT2D eigenvalue weighted by molar-refractivity contribution is 0.458. The van der Waals surface area contributed by atoms with Crippen LogP contribution < -0.4 is 10.6 Å². The van der Waals surface area contributed by atoms with E-state index in [1.807, 2.05) is 18.5 Å². The Balaban J connectivity index is 2.76. The van der Waals surface area contributed by atoms with Crippen molar-refractivity contribution in [1.29, 1.82) is 0 Å². The van der Waals surface area contributed by atoms with E-state index in [0.29, 0.717) is 23.7 Å². The number of rotatable bonds is 5. The molecule has 0 atom stereocenters. The Kier molecular flexibility index (Phi) is 3.73. The minimum absolute atomic E-state index is 0.260. The van der Waals surface area contributed by atoms with Gasteiger partial charge in [0.2, 0.25) is 7.29 Å². The van der Waals surface area contributed by atoms with Crippen molar-refractivity contribution >= 4 is 17.9 Å². The first kappa shape index (κ1) is 11.5. The van der Waals surface area contributed by atoms with Crippen LogP contribution in [0.3, 0.4) is 0 Å². The molecule has 0 heterocycles. The van der Waals surface area contributed by atoms with Crippen molar-refractivity contribution < 1.29 is 7.31 Å². The van der Waals surface area contributed by atoms with Gasteiger partial charge < -0.3 is 0 Å². The maximum atomic E-state index is 13.9. The predicted molar refractivity (Wildman–Crippen MR) is 82.7 cm³/mol.